The van der Waals surface area contributed by atoms with Crippen molar-refractivity contribution in [2.45, 2.75) is 50.5 Å². The SMILES string of the molecule is O=C1c2cccc(CN3CC4CC(C3)N4)c2CN1C1CCCNC1. The van der Waals surface area contributed by atoms with E-state index in [0.29, 0.717) is 18.1 Å². The molecule has 3 unspecified atom stereocenters. The van der Waals surface area contributed by atoms with Crippen molar-refractivity contribution in [1.29, 1.82) is 0 Å². The number of amides is 1. The van der Waals surface area contributed by atoms with Gasteiger partial charge in [0.15, 0.2) is 0 Å². The van der Waals surface area contributed by atoms with Gasteiger partial charge in [0.05, 0.1) is 0 Å². The van der Waals surface area contributed by atoms with Gasteiger partial charge in [-0.05, 0) is 43.0 Å². The van der Waals surface area contributed by atoms with Gasteiger partial charge in [-0.1, -0.05) is 12.1 Å². The molecule has 6 rings (SSSR count). The Morgan fingerprint density at radius 3 is 2.79 bits per heavy atom. The van der Waals surface area contributed by atoms with Crippen molar-refractivity contribution >= 4 is 5.91 Å². The van der Waals surface area contributed by atoms with Gasteiger partial charge in [-0.3, -0.25) is 9.69 Å². The molecular weight excluding hydrogens is 300 g/mol. The molecule has 4 fully saturated rings. The Morgan fingerprint density at radius 1 is 1.21 bits per heavy atom. The third-order valence-corrected chi connectivity index (χ3v) is 6.20. The number of piperidine rings is 2. The summed E-state index contributed by atoms with van der Waals surface area (Å²) < 4.78 is 0. The van der Waals surface area contributed by atoms with Crippen molar-refractivity contribution in [3.8, 4) is 0 Å². The summed E-state index contributed by atoms with van der Waals surface area (Å²) >= 11 is 0. The van der Waals surface area contributed by atoms with Gasteiger partial charge < -0.3 is 15.5 Å². The van der Waals surface area contributed by atoms with E-state index in [1.807, 2.05) is 6.07 Å². The Morgan fingerprint density at radius 2 is 2.04 bits per heavy atom. The lowest BCUT2D eigenvalue weighted by Crippen LogP contribution is -2.66. The number of benzene rings is 1. The van der Waals surface area contributed by atoms with Gasteiger partial charge in [-0.2, -0.15) is 0 Å². The van der Waals surface area contributed by atoms with Gasteiger partial charge in [0.25, 0.3) is 5.91 Å². The molecule has 24 heavy (non-hydrogen) atoms. The maximum Gasteiger partial charge on any atom is 0.254 e. The molecule has 2 bridgehead atoms. The molecule has 0 spiro atoms. The summed E-state index contributed by atoms with van der Waals surface area (Å²) in [5.41, 5.74) is 3.58. The molecule has 0 radical (unpaired) electrons. The van der Waals surface area contributed by atoms with E-state index in [1.165, 1.54) is 24.0 Å². The zero-order valence-electron chi connectivity index (χ0n) is 14.1. The molecule has 5 heterocycles. The van der Waals surface area contributed by atoms with Gasteiger partial charge in [0.2, 0.25) is 0 Å². The Balaban J connectivity index is 1.35. The van der Waals surface area contributed by atoms with Crippen LogP contribution in [0.5, 0.6) is 0 Å². The summed E-state index contributed by atoms with van der Waals surface area (Å²) in [6, 6.07) is 8.05. The molecule has 0 aliphatic carbocycles. The van der Waals surface area contributed by atoms with Crippen molar-refractivity contribution in [3.63, 3.8) is 0 Å². The maximum absolute atomic E-state index is 12.9. The molecule has 5 nitrogen and oxygen atoms in total. The van der Waals surface area contributed by atoms with Gasteiger partial charge in [0, 0.05) is 56.4 Å². The number of rotatable bonds is 3. The second kappa shape index (κ2) is 5.83. The highest BCUT2D eigenvalue weighted by Gasteiger charge is 2.38. The molecule has 3 atom stereocenters. The monoisotopic (exact) mass is 326 g/mol. The highest BCUT2D eigenvalue weighted by molar-refractivity contribution is 5.99. The molecule has 1 aromatic carbocycles. The standard InChI is InChI=1S/C19H26N4O/c24-19-17-5-1-3-13(9-22-10-14-7-15(11-22)21-14)18(17)12-23(19)16-4-2-6-20-8-16/h1,3,5,14-16,20-21H,2,4,6-12H2. The molecule has 0 saturated carbocycles. The Bertz CT molecular complexity index is 639. The molecule has 2 N–H and O–H groups in total. The zero-order chi connectivity index (χ0) is 16.1. The average molecular weight is 326 g/mol. The fraction of sp³-hybridized carbons (Fsp3) is 0.632. The van der Waals surface area contributed by atoms with Crippen molar-refractivity contribution in [3.05, 3.63) is 34.9 Å². The molecule has 5 aliphatic rings. The van der Waals surface area contributed by atoms with Crippen molar-refractivity contribution in [1.82, 2.24) is 20.4 Å². The lowest BCUT2D eigenvalue weighted by Gasteiger charge is -2.48. The summed E-state index contributed by atoms with van der Waals surface area (Å²) in [5.74, 6) is 0.240. The highest BCUT2D eigenvalue weighted by atomic mass is 16.2. The molecule has 5 heteroatoms. The largest absolute Gasteiger partial charge is 0.330 e. The normalized spacial score (nSPS) is 32.6. The van der Waals surface area contributed by atoms with Crippen molar-refractivity contribution in [2.24, 2.45) is 0 Å². The topological polar surface area (TPSA) is 47.6 Å². The second-order valence-electron chi connectivity index (χ2n) is 7.87. The first-order valence-corrected chi connectivity index (χ1v) is 9.39. The lowest BCUT2D eigenvalue weighted by atomic mass is 9.90. The second-order valence-corrected chi connectivity index (χ2v) is 7.87. The molecule has 5 aliphatic heterocycles. The van der Waals surface area contributed by atoms with Crippen LogP contribution in [-0.2, 0) is 13.1 Å². The minimum atomic E-state index is 0.240. The van der Waals surface area contributed by atoms with Gasteiger partial charge in [0.1, 0.15) is 0 Å². The van der Waals surface area contributed by atoms with E-state index in [9.17, 15) is 4.79 Å². The van der Waals surface area contributed by atoms with Crippen LogP contribution in [0.2, 0.25) is 0 Å². The van der Waals surface area contributed by atoms with Crippen LogP contribution >= 0.6 is 0 Å². The number of hydrogen-bond acceptors (Lipinski definition) is 4. The van der Waals surface area contributed by atoms with Gasteiger partial charge in [-0.15, -0.1) is 0 Å². The van der Waals surface area contributed by atoms with E-state index in [-0.39, 0.29) is 5.91 Å². The highest BCUT2D eigenvalue weighted by Crippen LogP contribution is 2.31. The Labute approximate surface area is 143 Å². The number of hydrogen-bond donors (Lipinski definition) is 2. The zero-order valence-corrected chi connectivity index (χ0v) is 14.1. The fourth-order valence-electron chi connectivity index (χ4n) is 4.94. The number of carbonyl (C=O) groups excluding carboxylic acids is 1. The summed E-state index contributed by atoms with van der Waals surface area (Å²) in [4.78, 5) is 17.5. The number of nitrogens with zero attached hydrogens (tertiary/aromatic N) is 2. The number of nitrogens with one attached hydrogen (secondary N) is 2. The molecule has 0 aromatic heterocycles. The smallest absolute Gasteiger partial charge is 0.254 e. The lowest BCUT2D eigenvalue weighted by molar-refractivity contribution is 0.0671. The van der Waals surface area contributed by atoms with Crippen LogP contribution in [-0.4, -0.2) is 60.0 Å². The van der Waals surface area contributed by atoms with Crippen molar-refractivity contribution < 1.29 is 4.79 Å². The summed E-state index contributed by atoms with van der Waals surface area (Å²) in [7, 11) is 0. The van der Waals surface area contributed by atoms with Crippen LogP contribution < -0.4 is 10.6 Å². The minimum Gasteiger partial charge on any atom is -0.330 e. The summed E-state index contributed by atoms with van der Waals surface area (Å²) in [6.07, 6.45) is 3.63. The Kier molecular flexibility index (Phi) is 3.61. The summed E-state index contributed by atoms with van der Waals surface area (Å²) in [5, 5.41) is 7.03. The minimum absolute atomic E-state index is 0.240. The van der Waals surface area contributed by atoms with Crippen LogP contribution in [0.25, 0.3) is 0 Å². The molecule has 1 amide bonds. The number of carbonyl (C=O) groups is 1. The Hall–Kier alpha value is -1.43. The van der Waals surface area contributed by atoms with E-state index in [2.05, 4.69) is 32.6 Å². The van der Waals surface area contributed by atoms with Crippen LogP contribution in [0.4, 0.5) is 0 Å². The van der Waals surface area contributed by atoms with Crippen LogP contribution in [0.3, 0.4) is 0 Å². The van der Waals surface area contributed by atoms with Crippen LogP contribution in [0, 0.1) is 0 Å². The first-order valence-electron chi connectivity index (χ1n) is 9.39. The first kappa shape index (κ1) is 14.9. The van der Waals surface area contributed by atoms with E-state index in [1.54, 1.807) is 0 Å². The van der Waals surface area contributed by atoms with Gasteiger partial charge >= 0.3 is 0 Å². The third-order valence-electron chi connectivity index (χ3n) is 6.20. The molecule has 1 aromatic rings. The van der Waals surface area contributed by atoms with E-state index < -0.39 is 0 Å². The molecular formula is C19H26N4O. The quantitative estimate of drug-likeness (QED) is 0.868. The average Bonchev–Trinajstić information content (AvgIpc) is 2.93. The molecule has 128 valence electrons. The van der Waals surface area contributed by atoms with E-state index >= 15 is 0 Å². The van der Waals surface area contributed by atoms with Crippen LogP contribution in [0.15, 0.2) is 18.2 Å². The number of piperazine rings is 1. The van der Waals surface area contributed by atoms with Gasteiger partial charge in [-0.25, -0.2) is 0 Å². The van der Waals surface area contributed by atoms with E-state index in [4.69, 9.17) is 0 Å². The summed E-state index contributed by atoms with van der Waals surface area (Å²) in [6.45, 7) is 6.10. The fourth-order valence-corrected chi connectivity index (χ4v) is 4.94. The van der Waals surface area contributed by atoms with Crippen molar-refractivity contribution in [2.75, 3.05) is 26.2 Å². The predicted molar refractivity (Wildman–Crippen MR) is 92.8 cm³/mol. The van der Waals surface area contributed by atoms with Crippen LogP contribution in [0.1, 0.15) is 40.7 Å². The maximum atomic E-state index is 12.9. The van der Waals surface area contributed by atoms with E-state index in [0.717, 1.165) is 51.3 Å². The predicted octanol–water partition coefficient (Wildman–Crippen LogP) is 0.940. The number of fused-ring (bicyclic) bond motifs is 3. The third kappa shape index (κ3) is 2.46. The molecule has 4 saturated heterocycles. The first-order chi connectivity index (χ1) is 11.8.